The number of carbonyl (C=O) groups is 1. The lowest BCUT2D eigenvalue weighted by Gasteiger charge is -2.09. The molecule has 1 unspecified atom stereocenters. The average Bonchev–Trinajstić information content (AvgIpc) is 2.10. The van der Waals surface area contributed by atoms with E-state index in [1.165, 1.54) is 0 Å². The Kier molecular flexibility index (Phi) is 7.36. The van der Waals surface area contributed by atoms with Gasteiger partial charge < -0.3 is 5.11 Å². The standard InChI is InChI=1S/C11H20O2/c1-3-5-6-7-9-10(8-4-2)11(12)13/h3,5,10H,4,6-9H2,1-2H3,(H,12,13)/b5-3+. The molecular weight excluding hydrogens is 164 g/mol. The third-order valence-electron chi connectivity index (χ3n) is 2.15. The molecule has 0 aromatic carbocycles. The summed E-state index contributed by atoms with van der Waals surface area (Å²) in [6.45, 7) is 4.02. The van der Waals surface area contributed by atoms with Gasteiger partial charge in [0.05, 0.1) is 5.92 Å². The van der Waals surface area contributed by atoms with Gasteiger partial charge in [-0.15, -0.1) is 0 Å². The number of hydrogen-bond donors (Lipinski definition) is 1. The lowest BCUT2D eigenvalue weighted by atomic mass is 9.97. The molecule has 0 rings (SSSR count). The van der Waals surface area contributed by atoms with E-state index in [0.717, 1.165) is 32.1 Å². The third kappa shape index (κ3) is 6.38. The van der Waals surface area contributed by atoms with Crippen molar-refractivity contribution < 1.29 is 9.90 Å². The number of carboxylic acid groups (broad SMARTS) is 1. The van der Waals surface area contributed by atoms with Gasteiger partial charge in [0.2, 0.25) is 0 Å². The molecule has 0 saturated carbocycles. The van der Waals surface area contributed by atoms with E-state index < -0.39 is 5.97 Å². The summed E-state index contributed by atoms with van der Waals surface area (Å²) in [6, 6.07) is 0. The molecule has 1 atom stereocenters. The molecule has 0 aliphatic heterocycles. The van der Waals surface area contributed by atoms with Crippen LogP contribution < -0.4 is 0 Å². The molecule has 76 valence electrons. The van der Waals surface area contributed by atoms with Gasteiger partial charge in [-0.1, -0.05) is 25.5 Å². The Morgan fingerprint density at radius 1 is 1.46 bits per heavy atom. The Morgan fingerprint density at radius 2 is 2.15 bits per heavy atom. The van der Waals surface area contributed by atoms with Crippen molar-refractivity contribution in [2.24, 2.45) is 5.92 Å². The van der Waals surface area contributed by atoms with Gasteiger partial charge in [-0.25, -0.2) is 0 Å². The van der Waals surface area contributed by atoms with Gasteiger partial charge in [0.1, 0.15) is 0 Å². The molecule has 2 nitrogen and oxygen atoms in total. The topological polar surface area (TPSA) is 37.3 Å². The van der Waals surface area contributed by atoms with Crippen LogP contribution in [0.2, 0.25) is 0 Å². The molecule has 1 N–H and O–H groups in total. The molecule has 0 heterocycles. The van der Waals surface area contributed by atoms with Gasteiger partial charge in [0.25, 0.3) is 0 Å². The van der Waals surface area contributed by atoms with Crippen LogP contribution in [0.3, 0.4) is 0 Å². The number of aliphatic carboxylic acids is 1. The Bertz CT molecular complexity index is 161. The maximum absolute atomic E-state index is 10.7. The van der Waals surface area contributed by atoms with E-state index in [9.17, 15) is 4.79 Å². The third-order valence-corrected chi connectivity index (χ3v) is 2.15. The first-order chi connectivity index (χ1) is 6.22. The lowest BCUT2D eigenvalue weighted by Crippen LogP contribution is -2.13. The molecule has 0 aliphatic carbocycles. The van der Waals surface area contributed by atoms with Crippen LogP contribution in [0.25, 0.3) is 0 Å². The maximum atomic E-state index is 10.7. The second-order valence-corrected chi connectivity index (χ2v) is 3.32. The minimum absolute atomic E-state index is 0.129. The fourth-order valence-electron chi connectivity index (χ4n) is 1.39. The van der Waals surface area contributed by atoms with Crippen molar-refractivity contribution in [2.75, 3.05) is 0 Å². The largest absolute Gasteiger partial charge is 0.481 e. The zero-order valence-electron chi connectivity index (χ0n) is 8.62. The van der Waals surface area contributed by atoms with Crippen molar-refractivity contribution in [1.29, 1.82) is 0 Å². The molecule has 13 heavy (non-hydrogen) atoms. The minimum atomic E-state index is -0.637. The first-order valence-corrected chi connectivity index (χ1v) is 5.06. The molecule has 0 aliphatic rings. The van der Waals surface area contributed by atoms with Crippen LogP contribution in [-0.2, 0) is 4.79 Å². The summed E-state index contributed by atoms with van der Waals surface area (Å²) in [5.74, 6) is -0.766. The molecule has 0 saturated heterocycles. The molecule has 0 bridgehead atoms. The molecule has 2 heteroatoms. The Labute approximate surface area is 80.7 Å². The van der Waals surface area contributed by atoms with Crippen molar-refractivity contribution >= 4 is 5.97 Å². The predicted octanol–water partition coefficient (Wildman–Crippen LogP) is 3.23. The van der Waals surface area contributed by atoms with E-state index in [-0.39, 0.29) is 5.92 Å². The molecule has 0 aromatic heterocycles. The summed E-state index contributed by atoms with van der Waals surface area (Å²) in [5.41, 5.74) is 0. The Morgan fingerprint density at radius 3 is 2.62 bits per heavy atom. The van der Waals surface area contributed by atoms with E-state index in [4.69, 9.17) is 5.11 Å². The maximum Gasteiger partial charge on any atom is 0.306 e. The zero-order valence-corrected chi connectivity index (χ0v) is 8.62. The van der Waals surface area contributed by atoms with Crippen LogP contribution in [0.1, 0.15) is 46.0 Å². The van der Waals surface area contributed by atoms with Crippen molar-refractivity contribution in [1.82, 2.24) is 0 Å². The van der Waals surface area contributed by atoms with E-state index in [1.807, 2.05) is 19.9 Å². The molecular formula is C11H20O2. The first-order valence-electron chi connectivity index (χ1n) is 5.06. The molecule has 0 fully saturated rings. The second-order valence-electron chi connectivity index (χ2n) is 3.32. The highest BCUT2D eigenvalue weighted by molar-refractivity contribution is 5.69. The van der Waals surface area contributed by atoms with E-state index in [0.29, 0.717) is 0 Å². The van der Waals surface area contributed by atoms with Crippen molar-refractivity contribution in [3.63, 3.8) is 0 Å². The highest BCUT2D eigenvalue weighted by Gasteiger charge is 2.14. The summed E-state index contributed by atoms with van der Waals surface area (Å²) in [7, 11) is 0. The molecule has 0 aromatic rings. The normalized spacial score (nSPS) is 13.4. The van der Waals surface area contributed by atoms with Gasteiger partial charge in [-0.3, -0.25) is 4.79 Å². The summed E-state index contributed by atoms with van der Waals surface area (Å²) in [4.78, 5) is 10.7. The van der Waals surface area contributed by atoms with Gasteiger partial charge >= 0.3 is 5.97 Å². The summed E-state index contributed by atoms with van der Waals surface area (Å²) >= 11 is 0. The molecule has 0 spiro atoms. The van der Waals surface area contributed by atoms with Gasteiger partial charge in [0.15, 0.2) is 0 Å². The number of rotatable bonds is 7. The number of unbranched alkanes of at least 4 members (excludes halogenated alkanes) is 1. The van der Waals surface area contributed by atoms with Crippen LogP contribution >= 0.6 is 0 Å². The summed E-state index contributed by atoms with van der Waals surface area (Å²) in [6.07, 6.45) is 8.67. The monoisotopic (exact) mass is 184 g/mol. The second kappa shape index (κ2) is 7.84. The van der Waals surface area contributed by atoms with E-state index in [1.54, 1.807) is 0 Å². The lowest BCUT2D eigenvalue weighted by molar-refractivity contribution is -0.142. The minimum Gasteiger partial charge on any atom is -0.481 e. The van der Waals surface area contributed by atoms with Crippen LogP contribution in [0.4, 0.5) is 0 Å². The quantitative estimate of drug-likeness (QED) is 0.487. The van der Waals surface area contributed by atoms with E-state index in [2.05, 4.69) is 6.08 Å². The van der Waals surface area contributed by atoms with Gasteiger partial charge in [0, 0.05) is 0 Å². The van der Waals surface area contributed by atoms with Crippen LogP contribution in [0, 0.1) is 5.92 Å². The van der Waals surface area contributed by atoms with Gasteiger partial charge in [-0.05, 0) is 32.6 Å². The Hall–Kier alpha value is -0.790. The van der Waals surface area contributed by atoms with Crippen molar-refractivity contribution in [2.45, 2.75) is 46.0 Å². The highest BCUT2D eigenvalue weighted by Crippen LogP contribution is 2.15. The SMILES string of the molecule is C/C=C/CCCC(CCC)C(=O)O. The summed E-state index contributed by atoms with van der Waals surface area (Å²) < 4.78 is 0. The highest BCUT2D eigenvalue weighted by atomic mass is 16.4. The van der Waals surface area contributed by atoms with Crippen LogP contribution in [-0.4, -0.2) is 11.1 Å². The summed E-state index contributed by atoms with van der Waals surface area (Å²) in [5, 5.41) is 8.84. The van der Waals surface area contributed by atoms with E-state index >= 15 is 0 Å². The number of allylic oxidation sites excluding steroid dienone is 2. The van der Waals surface area contributed by atoms with Crippen molar-refractivity contribution in [3.8, 4) is 0 Å². The van der Waals surface area contributed by atoms with Crippen LogP contribution in [0.5, 0.6) is 0 Å². The fourth-order valence-corrected chi connectivity index (χ4v) is 1.39. The van der Waals surface area contributed by atoms with Gasteiger partial charge in [-0.2, -0.15) is 0 Å². The predicted molar refractivity (Wildman–Crippen MR) is 54.7 cm³/mol. The zero-order chi connectivity index (χ0) is 10.1. The first kappa shape index (κ1) is 12.2. The average molecular weight is 184 g/mol. The molecule has 0 amide bonds. The number of carboxylic acids is 1. The number of hydrogen-bond acceptors (Lipinski definition) is 1. The van der Waals surface area contributed by atoms with Crippen molar-refractivity contribution in [3.05, 3.63) is 12.2 Å². The molecule has 0 radical (unpaired) electrons. The van der Waals surface area contributed by atoms with Crippen LogP contribution in [0.15, 0.2) is 12.2 Å². The Balaban J connectivity index is 3.63. The fraction of sp³-hybridized carbons (Fsp3) is 0.727. The smallest absolute Gasteiger partial charge is 0.306 e.